The summed E-state index contributed by atoms with van der Waals surface area (Å²) in [6.07, 6.45) is 1.62. The van der Waals surface area contributed by atoms with E-state index in [1.54, 1.807) is 18.2 Å². The number of carbonyl (C=O) groups excluding carboxylic acids is 3. The zero-order valence-corrected chi connectivity index (χ0v) is 19.1. The maximum atomic E-state index is 13.3. The number of nitrogens with zero attached hydrogens (tertiary/aromatic N) is 1. The molecule has 3 amide bonds. The Morgan fingerprint density at radius 2 is 1.74 bits per heavy atom. The molecule has 172 valence electrons. The Bertz CT molecular complexity index is 1250. The normalized spacial score (nSPS) is 18.1. The van der Waals surface area contributed by atoms with Gasteiger partial charge >= 0.3 is 0 Å². The standard InChI is InChI=1S/C27H23ClN2O4/c28-20-9-4-8-18(14-20)24(17-6-2-1-3-7-17)29-25(31)19-11-12-22-23(15-19)27(33)30(26(22)32)16-21-10-5-13-34-21/h1-4,6-9,11-12,14-15,21,24H,5,10,13,16H2,(H,29,31). The van der Waals surface area contributed by atoms with Crippen molar-refractivity contribution < 1.29 is 19.1 Å². The van der Waals surface area contributed by atoms with Crippen LogP contribution in [0.25, 0.3) is 0 Å². The zero-order valence-electron chi connectivity index (χ0n) is 18.4. The molecule has 2 unspecified atom stereocenters. The Morgan fingerprint density at radius 1 is 0.971 bits per heavy atom. The van der Waals surface area contributed by atoms with Gasteiger partial charge in [-0.2, -0.15) is 0 Å². The summed E-state index contributed by atoms with van der Waals surface area (Å²) < 4.78 is 5.59. The number of nitrogens with one attached hydrogen (secondary N) is 1. The number of carbonyl (C=O) groups is 3. The fourth-order valence-corrected chi connectivity index (χ4v) is 4.69. The van der Waals surface area contributed by atoms with E-state index in [1.807, 2.05) is 48.5 Å². The Labute approximate surface area is 202 Å². The largest absolute Gasteiger partial charge is 0.376 e. The molecule has 0 bridgehead atoms. The van der Waals surface area contributed by atoms with Crippen LogP contribution in [-0.2, 0) is 4.74 Å². The molecule has 1 N–H and O–H groups in total. The number of rotatable bonds is 6. The number of benzene rings is 3. The Hall–Kier alpha value is -3.48. The van der Waals surface area contributed by atoms with Crippen LogP contribution < -0.4 is 5.32 Å². The molecule has 2 aliphatic heterocycles. The van der Waals surface area contributed by atoms with Gasteiger partial charge in [0.1, 0.15) is 0 Å². The molecule has 0 saturated carbocycles. The van der Waals surface area contributed by atoms with Gasteiger partial charge in [-0.15, -0.1) is 0 Å². The van der Waals surface area contributed by atoms with Crippen LogP contribution in [-0.4, -0.2) is 41.9 Å². The maximum absolute atomic E-state index is 13.3. The van der Waals surface area contributed by atoms with Crippen LogP contribution in [0.4, 0.5) is 0 Å². The molecule has 2 atom stereocenters. The smallest absolute Gasteiger partial charge is 0.261 e. The first-order chi connectivity index (χ1) is 16.5. The molecule has 7 heteroatoms. The summed E-state index contributed by atoms with van der Waals surface area (Å²) in [5.74, 6) is -1.09. The van der Waals surface area contributed by atoms with Crippen molar-refractivity contribution in [2.75, 3.05) is 13.2 Å². The van der Waals surface area contributed by atoms with Gasteiger partial charge in [0, 0.05) is 17.2 Å². The Kier molecular flexibility index (Phi) is 6.18. The molecule has 5 rings (SSSR count). The maximum Gasteiger partial charge on any atom is 0.261 e. The van der Waals surface area contributed by atoms with E-state index in [1.165, 1.54) is 11.0 Å². The highest BCUT2D eigenvalue weighted by atomic mass is 35.5. The summed E-state index contributed by atoms with van der Waals surface area (Å²) in [6, 6.07) is 21.1. The SMILES string of the molecule is O=C(NC(c1ccccc1)c1cccc(Cl)c1)c1ccc2c(c1)C(=O)N(CC1CCCO1)C2=O. The molecule has 0 aliphatic carbocycles. The van der Waals surface area contributed by atoms with Gasteiger partial charge in [-0.05, 0) is 54.3 Å². The van der Waals surface area contributed by atoms with Crippen molar-refractivity contribution in [2.24, 2.45) is 0 Å². The van der Waals surface area contributed by atoms with Gasteiger partial charge in [-0.25, -0.2) is 0 Å². The number of amides is 3. The van der Waals surface area contributed by atoms with Crippen molar-refractivity contribution in [3.63, 3.8) is 0 Å². The first-order valence-corrected chi connectivity index (χ1v) is 11.6. The van der Waals surface area contributed by atoms with Crippen molar-refractivity contribution in [3.05, 3.63) is 106 Å². The van der Waals surface area contributed by atoms with E-state index in [4.69, 9.17) is 16.3 Å². The molecule has 3 aromatic rings. The minimum atomic E-state index is -0.436. The summed E-state index contributed by atoms with van der Waals surface area (Å²) in [7, 11) is 0. The summed E-state index contributed by atoms with van der Waals surface area (Å²) in [4.78, 5) is 40.3. The number of ether oxygens (including phenoxy) is 1. The highest BCUT2D eigenvalue weighted by Gasteiger charge is 2.38. The number of halogens is 1. The lowest BCUT2D eigenvalue weighted by Gasteiger charge is -2.20. The molecular formula is C27H23ClN2O4. The van der Waals surface area contributed by atoms with Gasteiger partial charge in [0.05, 0.1) is 29.8 Å². The molecule has 0 spiro atoms. The summed E-state index contributed by atoms with van der Waals surface area (Å²) in [6.45, 7) is 0.881. The molecule has 2 heterocycles. The van der Waals surface area contributed by atoms with Crippen LogP contribution in [0.1, 0.15) is 61.1 Å². The molecule has 6 nitrogen and oxygen atoms in total. The molecule has 34 heavy (non-hydrogen) atoms. The monoisotopic (exact) mass is 474 g/mol. The van der Waals surface area contributed by atoms with Gasteiger partial charge < -0.3 is 10.1 Å². The van der Waals surface area contributed by atoms with Gasteiger partial charge in [0.25, 0.3) is 17.7 Å². The molecule has 3 aromatic carbocycles. The van der Waals surface area contributed by atoms with E-state index in [9.17, 15) is 14.4 Å². The summed E-state index contributed by atoms with van der Waals surface area (Å²) in [5.41, 5.74) is 2.60. The van der Waals surface area contributed by atoms with E-state index in [-0.39, 0.29) is 35.9 Å². The van der Waals surface area contributed by atoms with Crippen molar-refractivity contribution in [1.29, 1.82) is 0 Å². The highest BCUT2D eigenvalue weighted by Crippen LogP contribution is 2.28. The lowest BCUT2D eigenvalue weighted by Crippen LogP contribution is -2.36. The number of hydrogen-bond acceptors (Lipinski definition) is 4. The van der Waals surface area contributed by atoms with Crippen LogP contribution in [0.3, 0.4) is 0 Å². The second kappa shape index (κ2) is 9.41. The van der Waals surface area contributed by atoms with Crippen LogP contribution in [0, 0.1) is 0 Å². The third kappa shape index (κ3) is 4.34. The fraction of sp³-hybridized carbons (Fsp3) is 0.222. The van der Waals surface area contributed by atoms with Crippen molar-refractivity contribution in [3.8, 4) is 0 Å². The second-order valence-electron chi connectivity index (χ2n) is 8.49. The first kappa shape index (κ1) is 22.3. The van der Waals surface area contributed by atoms with E-state index < -0.39 is 6.04 Å². The average molecular weight is 475 g/mol. The second-order valence-corrected chi connectivity index (χ2v) is 8.92. The number of fused-ring (bicyclic) bond motifs is 1. The predicted octanol–water partition coefficient (Wildman–Crippen LogP) is 4.63. The van der Waals surface area contributed by atoms with E-state index >= 15 is 0 Å². The molecule has 1 fully saturated rings. The van der Waals surface area contributed by atoms with E-state index in [0.29, 0.717) is 22.8 Å². The number of imide groups is 1. The minimum absolute atomic E-state index is 0.130. The van der Waals surface area contributed by atoms with E-state index in [0.717, 1.165) is 24.0 Å². The van der Waals surface area contributed by atoms with Crippen molar-refractivity contribution >= 4 is 29.3 Å². The first-order valence-electron chi connectivity index (χ1n) is 11.2. The Balaban J connectivity index is 1.40. The van der Waals surface area contributed by atoms with Gasteiger partial charge in [-0.3, -0.25) is 19.3 Å². The molecular weight excluding hydrogens is 452 g/mol. The van der Waals surface area contributed by atoms with E-state index in [2.05, 4.69) is 5.32 Å². The number of hydrogen-bond donors (Lipinski definition) is 1. The third-order valence-electron chi connectivity index (χ3n) is 6.23. The van der Waals surface area contributed by atoms with Crippen molar-refractivity contribution in [1.82, 2.24) is 10.2 Å². The third-order valence-corrected chi connectivity index (χ3v) is 6.47. The van der Waals surface area contributed by atoms with Crippen LogP contribution in [0.15, 0.2) is 72.8 Å². The minimum Gasteiger partial charge on any atom is -0.376 e. The predicted molar refractivity (Wildman–Crippen MR) is 128 cm³/mol. The van der Waals surface area contributed by atoms with Crippen LogP contribution in [0.2, 0.25) is 5.02 Å². The fourth-order valence-electron chi connectivity index (χ4n) is 4.49. The lowest BCUT2D eigenvalue weighted by atomic mass is 9.98. The average Bonchev–Trinajstić information content (AvgIpc) is 3.45. The molecule has 2 aliphatic rings. The molecule has 1 saturated heterocycles. The van der Waals surface area contributed by atoms with Gasteiger partial charge in [0.15, 0.2) is 0 Å². The van der Waals surface area contributed by atoms with Gasteiger partial charge in [0.2, 0.25) is 0 Å². The summed E-state index contributed by atoms with van der Waals surface area (Å²) >= 11 is 6.20. The quantitative estimate of drug-likeness (QED) is 0.528. The zero-order chi connectivity index (χ0) is 23.7. The summed E-state index contributed by atoms with van der Waals surface area (Å²) in [5, 5.41) is 3.62. The van der Waals surface area contributed by atoms with Gasteiger partial charge in [-0.1, -0.05) is 54.1 Å². The topological polar surface area (TPSA) is 75.7 Å². The van der Waals surface area contributed by atoms with Crippen molar-refractivity contribution in [2.45, 2.75) is 25.0 Å². The Morgan fingerprint density at radius 3 is 2.47 bits per heavy atom. The molecule has 0 aromatic heterocycles. The molecule has 0 radical (unpaired) electrons. The van der Waals surface area contributed by atoms with Crippen LogP contribution in [0.5, 0.6) is 0 Å². The van der Waals surface area contributed by atoms with Crippen LogP contribution >= 0.6 is 11.6 Å². The lowest BCUT2D eigenvalue weighted by molar-refractivity contribution is 0.0475. The highest BCUT2D eigenvalue weighted by molar-refractivity contribution is 6.30.